The van der Waals surface area contributed by atoms with Crippen LogP contribution >= 0.6 is 0 Å². The average Bonchev–Trinajstić information content (AvgIpc) is 3.80. The number of furan rings is 2. The van der Waals surface area contributed by atoms with E-state index in [0.29, 0.717) is 17.5 Å². The van der Waals surface area contributed by atoms with Crippen molar-refractivity contribution in [2.45, 2.75) is 0 Å². The van der Waals surface area contributed by atoms with Gasteiger partial charge in [0, 0.05) is 60.7 Å². The lowest BCUT2D eigenvalue weighted by atomic mass is 10.00. The van der Waals surface area contributed by atoms with E-state index >= 15 is 0 Å². The molecule has 10 aromatic rings. The smallest absolute Gasteiger partial charge is 0.164 e. The van der Waals surface area contributed by atoms with Gasteiger partial charge in [0.05, 0.1) is 0 Å². The number of para-hydroxylation sites is 3. The summed E-state index contributed by atoms with van der Waals surface area (Å²) in [5, 5.41) is 7.49. The zero-order chi connectivity index (χ0) is 35.3. The predicted molar refractivity (Wildman–Crippen MR) is 215 cm³/mol. The maximum absolute atomic E-state index is 6.46. The van der Waals surface area contributed by atoms with Gasteiger partial charge in [-0.1, -0.05) is 128 Å². The molecule has 0 fully saturated rings. The van der Waals surface area contributed by atoms with Crippen molar-refractivity contribution in [2.75, 3.05) is 5.32 Å². The molecule has 0 spiro atoms. The first-order valence-electron chi connectivity index (χ1n) is 17.5. The van der Waals surface area contributed by atoms with E-state index in [9.17, 15) is 0 Å². The zero-order valence-corrected chi connectivity index (χ0v) is 28.5. The third kappa shape index (κ3) is 5.41. The first kappa shape index (κ1) is 30.5. The third-order valence-corrected chi connectivity index (χ3v) is 9.66. The highest BCUT2D eigenvalue weighted by Crippen LogP contribution is 2.39. The van der Waals surface area contributed by atoms with Gasteiger partial charge in [-0.2, -0.15) is 0 Å². The number of rotatable bonds is 7. The number of hydrogen-bond acceptors (Lipinski definition) is 6. The van der Waals surface area contributed by atoms with Crippen LogP contribution in [0.2, 0.25) is 0 Å². The Labute approximate surface area is 304 Å². The van der Waals surface area contributed by atoms with Crippen LogP contribution in [0, 0.1) is 0 Å². The van der Waals surface area contributed by atoms with Crippen molar-refractivity contribution in [1.29, 1.82) is 0 Å². The van der Waals surface area contributed by atoms with Gasteiger partial charge in [0.2, 0.25) is 0 Å². The van der Waals surface area contributed by atoms with Gasteiger partial charge in [-0.3, -0.25) is 0 Å². The summed E-state index contributed by atoms with van der Waals surface area (Å²) < 4.78 is 12.9. The summed E-state index contributed by atoms with van der Waals surface area (Å²) in [5.41, 5.74) is 10.6. The minimum atomic E-state index is 0.561. The van der Waals surface area contributed by atoms with Crippen LogP contribution in [-0.4, -0.2) is 15.0 Å². The fraction of sp³-hybridized carbons (Fsp3) is 0. The zero-order valence-electron chi connectivity index (χ0n) is 28.5. The molecule has 250 valence electrons. The van der Waals surface area contributed by atoms with Crippen molar-refractivity contribution in [2.24, 2.45) is 0 Å². The van der Waals surface area contributed by atoms with Crippen LogP contribution in [0.5, 0.6) is 0 Å². The van der Waals surface area contributed by atoms with E-state index < -0.39 is 0 Å². The van der Waals surface area contributed by atoms with Gasteiger partial charge in [-0.25, -0.2) is 15.0 Å². The van der Waals surface area contributed by atoms with Crippen LogP contribution in [-0.2, 0) is 0 Å². The number of nitrogens with zero attached hydrogens (tertiary/aromatic N) is 3. The van der Waals surface area contributed by atoms with Gasteiger partial charge in [0.15, 0.2) is 17.5 Å². The summed E-state index contributed by atoms with van der Waals surface area (Å²) in [6, 6.07) is 55.0. The molecule has 0 radical (unpaired) electrons. The second-order valence-corrected chi connectivity index (χ2v) is 13.0. The van der Waals surface area contributed by atoms with E-state index in [1.165, 1.54) is 0 Å². The summed E-state index contributed by atoms with van der Waals surface area (Å²) in [4.78, 5) is 15.3. The molecule has 0 saturated carbocycles. The maximum atomic E-state index is 6.46. The standard InChI is InChI=1S/C47H30N4O2/c1-29(48-34-17-6-3-7-18-34)31-25-26-38-42(28-31)52-41-24-12-22-39(43(38)41)47-50-45(30-13-4-2-5-14-30)49-46(51-47)33-16-10-15-32(27-33)35-20-11-21-37-36-19-8-9-23-40(36)53-44(35)37/h2-28,48H,1H2. The summed E-state index contributed by atoms with van der Waals surface area (Å²) in [6.07, 6.45) is 0. The Kier molecular flexibility index (Phi) is 7.18. The monoisotopic (exact) mass is 682 g/mol. The van der Waals surface area contributed by atoms with E-state index in [-0.39, 0.29) is 0 Å². The van der Waals surface area contributed by atoms with Crippen LogP contribution in [0.3, 0.4) is 0 Å². The van der Waals surface area contributed by atoms with E-state index in [1.807, 2.05) is 115 Å². The molecule has 7 aromatic carbocycles. The van der Waals surface area contributed by atoms with E-state index in [2.05, 4.69) is 60.4 Å². The largest absolute Gasteiger partial charge is 0.456 e. The lowest BCUT2D eigenvalue weighted by Gasteiger charge is -2.11. The van der Waals surface area contributed by atoms with Gasteiger partial charge < -0.3 is 14.2 Å². The normalized spacial score (nSPS) is 11.5. The molecular weight excluding hydrogens is 653 g/mol. The second kappa shape index (κ2) is 12.5. The first-order chi connectivity index (χ1) is 26.2. The van der Waals surface area contributed by atoms with Crippen molar-refractivity contribution >= 4 is 55.3 Å². The summed E-state index contributed by atoms with van der Waals surface area (Å²) >= 11 is 0. The second-order valence-electron chi connectivity index (χ2n) is 13.0. The van der Waals surface area contributed by atoms with Gasteiger partial charge in [0.25, 0.3) is 0 Å². The number of hydrogen-bond donors (Lipinski definition) is 1. The average molecular weight is 683 g/mol. The van der Waals surface area contributed by atoms with E-state index in [0.717, 1.165) is 88.6 Å². The lowest BCUT2D eigenvalue weighted by molar-refractivity contribution is 0.668. The predicted octanol–water partition coefficient (Wildman–Crippen LogP) is 12.4. The maximum Gasteiger partial charge on any atom is 0.164 e. The fourth-order valence-electron chi connectivity index (χ4n) is 7.11. The highest BCUT2D eigenvalue weighted by Gasteiger charge is 2.19. The number of anilines is 1. The molecule has 3 heterocycles. The van der Waals surface area contributed by atoms with E-state index in [1.54, 1.807) is 0 Å². The molecule has 0 aliphatic carbocycles. The number of fused-ring (bicyclic) bond motifs is 6. The van der Waals surface area contributed by atoms with Gasteiger partial charge >= 0.3 is 0 Å². The SMILES string of the molecule is C=C(Nc1ccccc1)c1ccc2c(c1)oc1cccc(-c3nc(-c4ccccc4)nc(-c4cccc(-c5cccc6c5oc5ccccc56)c4)n3)c12. The van der Waals surface area contributed by atoms with Gasteiger partial charge in [0.1, 0.15) is 22.3 Å². The van der Waals surface area contributed by atoms with Crippen LogP contribution in [0.4, 0.5) is 5.69 Å². The lowest BCUT2D eigenvalue weighted by Crippen LogP contribution is -2.00. The number of aromatic nitrogens is 3. The Morgan fingerprint density at radius 3 is 1.96 bits per heavy atom. The highest BCUT2D eigenvalue weighted by molar-refractivity contribution is 6.12. The Morgan fingerprint density at radius 2 is 1.09 bits per heavy atom. The number of benzene rings is 7. The molecular formula is C47H30N4O2. The molecule has 10 rings (SSSR count). The minimum absolute atomic E-state index is 0.561. The van der Waals surface area contributed by atoms with Crippen molar-refractivity contribution < 1.29 is 8.83 Å². The molecule has 6 heteroatoms. The highest BCUT2D eigenvalue weighted by atomic mass is 16.3. The van der Waals surface area contributed by atoms with Crippen LogP contribution < -0.4 is 5.32 Å². The van der Waals surface area contributed by atoms with Gasteiger partial charge in [-0.05, 0) is 48.0 Å². The quantitative estimate of drug-likeness (QED) is 0.180. The molecule has 3 aromatic heterocycles. The summed E-state index contributed by atoms with van der Waals surface area (Å²) in [5.74, 6) is 1.72. The van der Waals surface area contributed by atoms with Crippen LogP contribution in [0.15, 0.2) is 179 Å². The molecule has 0 aliphatic heterocycles. The molecule has 0 atom stereocenters. The van der Waals surface area contributed by atoms with Crippen molar-refractivity contribution in [3.63, 3.8) is 0 Å². The molecule has 53 heavy (non-hydrogen) atoms. The van der Waals surface area contributed by atoms with E-state index in [4.69, 9.17) is 23.8 Å². The summed E-state index contributed by atoms with van der Waals surface area (Å²) in [7, 11) is 0. The topological polar surface area (TPSA) is 77.0 Å². The first-order valence-corrected chi connectivity index (χ1v) is 17.5. The molecule has 6 nitrogen and oxygen atoms in total. The molecule has 0 amide bonds. The molecule has 0 unspecified atom stereocenters. The molecule has 0 bridgehead atoms. The molecule has 1 N–H and O–H groups in total. The molecule has 0 aliphatic rings. The molecule has 0 saturated heterocycles. The Morgan fingerprint density at radius 1 is 0.453 bits per heavy atom. The third-order valence-electron chi connectivity index (χ3n) is 9.66. The van der Waals surface area contributed by atoms with Crippen LogP contribution in [0.1, 0.15) is 5.56 Å². The Balaban J connectivity index is 1.10. The van der Waals surface area contributed by atoms with Crippen LogP contribution in [0.25, 0.3) is 94.9 Å². The Hall–Kier alpha value is -7.31. The van der Waals surface area contributed by atoms with Crippen molar-refractivity contribution in [1.82, 2.24) is 15.0 Å². The van der Waals surface area contributed by atoms with Crippen molar-refractivity contribution in [3.05, 3.63) is 176 Å². The minimum Gasteiger partial charge on any atom is -0.456 e. The Bertz CT molecular complexity index is 3000. The number of nitrogens with one attached hydrogen (secondary N) is 1. The van der Waals surface area contributed by atoms with Gasteiger partial charge in [-0.15, -0.1) is 0 Å². The summed E-state index contributed by atoms with van der Waals surface area (Å²) in [6.45, 7) is 4.29. The van der Waals surface area contributed by atoms with Crippen molar-refractivity contribution in [3.8, 4) is 45.3 Å². The fourth-order valence-corrected chi connectivity index (χ4v) is 7.11.